The van der Waals surface area contributed by atoms with Crippen molar-refractivity contribution < 1.29 is 14.7 Å². The van der Waals surface area contributed by atoms with E-state index in [2.05, 4.69) is 5.32 Å². The predicted octanol–water partition coefficient (Wildman–Crippen LogP) is 2.84. The first-order valence-corrected chi connectivity index (χ1v) is 7.19. The number of carboxylic acids is 1. The molecule has 1 unspecified atom stereocenters. The molecule has 0 radical (unpaired) electrons. The van der Waals surface area contributed by atoms with E-state index in [0.717, 1.165) is 28.6 Å². The zero-order chi connectivity index (χ0) is 14.4. The zero-order valence-electron chi connectivity index (χ0n) is 11.4. The molecule has 0 aliphatic rings. The van der Waals surface area contributed by atoms with E-state index in [0.29, 0.717) is 6.42 Å². The lowest BCUT2D eigenvalue weighted by molar-refractivity contribution is -0.136. The monoisotopic (exact) mass is 281 g/mol. The molecule has 1 amide bonds. The molecular weight excluding hydrogens is 262 g/mol. The SMILES string of the molecule is CCC(SCC(=O)Nc1cc(C)cc(C)c1)C(=O)O. The molecule has 0 bridgehead atoms. The summed E-state index contributed by atoms with van der Waals surface area (Å²) in [5, 5.41) is 11.2. The Hall–Kier alpha value is -1.49. The lowest BCUT2D eigenvalue weighted by Crippen LogP contribution is -2.20. The smallest absolute Gasteiger partial charge is 0.316 e. The zero-order valence-corrected chi connectivity index (χ0v) is 12.2. The summed E-state index contributed by atoms with van der Waals surface area (Å²) in [6.07, 6.45) is 0.511. The van der Waals surface area contributed by atoms with E-state index < -0.39 is 11.2 Å². The van der Waals surface area contributed by atoms with Gasteiger partial charge in [0.2, 0.25) is 5.91 Å². The molecule has 0 saturated heterocycles. The lowest BCUT2D eigenvalue weighted by Gasteiger charge is -2.10. The minimum atomic E-state index is -0.869. The van der Waals surface area contributed by atoms with Gasteiger partial charge in [0.1, 0.15) is 5.25 Å². The van der Waals surface area contributed by atoms with E-state index in [4.69, 9.17) is 5.11 Å². The molecule has 1 rings (SSSR count). The standard InChI is InChI=1S/C14H19NO3S/c1-4-12(14(17)18)19-8-13(16)15-11-6-9(2)5-10(3)7-11/h5-7,12H,4,8H2,1-3H3,(H,15,16)(H,17,18). The minimum absolute atomic E-state index is 0.151. The van der Waals surface area contributed by atoms with Crippen LogP contribution >= 0.6 is 11.8 Å². The number of thioether (sulfide) groups is 1. The number of carbonyl (C=O) groups is 2. The molecule has 0 spiro atoms. The second-order valence-corrected chi connectivity index (χ2v) is 5.66. The Balaban J connectivity index is 2.53. The fraction of sp³-hybridized carbons (Fsp3) is 0.429. The molecule has 0 fully saturated rings. The summed E-state index contributed by atoms with van der Waals surface area (Å²) in [5.41, 5.74) is 2.92. The van der Waals surface area contributed by atoms with Crippen molar-refractivity contribution in [1.29, 1.82) is 0 Å². The highest BCUT2D eigenvalue weighted by atomic mass is 32.2. The van der Waals surface area contributed by atoms with Gasteiger partial charge in [-0.3, -0.25) is 9.59 Å². The molecule has 0 heterocycles. The molecule has 5 heteroatoms. The number of carboxylic acid groups (broad SMARTS) is 1. The summed E-state index contributed by atoms with van der Waals surface area (Å²) in [4.78, 5) is 22.6. The number of hydrogen-bond donors (Lipinski definition) is 2. The Labute approximate surface area is 117 Å². The van der Waals surface area contributed by atoms with Crippen molar-refractivity contribution in [2.45, 2.75) is 32.4 Å². The molecule has 4 nitrogen and oxygen atoms in total. The van der Waals surface area contributed by atoms with Crippen LogP contribution in [0.25, 0.3) is 0 Å². The fourth-order valence-electron chi connectivity index (χ4n) is 1.78. The van der Waals surface area contributed by atoms with E-state index in [1.807, 2.05) is 32.0 Å². The van der Waals surface area contributed by atoms with Crippen molar-refractivity contribution in [3.8, 4) is 0 Å². The summed E-state index contributed by atoms with van der Waals surface area (Å²) in [6.45, 7) is 5.73. The summed E-state index contributed by atoms with van der Waals surface area (Å²) in [6, 6.07) is 5.82. The highest BCUT2D eigenvalue weighted by Crippen LogP contribution is 2.17. The number of amides is 1. The summed E-state index contributed by atoms with van der Waals surface area (Å²) in [7, 11) is 0. The second-order valence-electron chi connectivity index (χ2n) is 4.47. The first kappa shape index (κ1) is 15.6. The van der Waals surface area contributed by atoms with Gasteiger partial charge in [-0.2, -0.15) is 0 Å². The molecule has 0 aliphatic carbocycles. The van der Waals surface area contributed by atoms with Crippen LogP contribution < -0.4 is 5.32 Å². The van der Waals surface area contributed by atoms with Crippen molar-refractivity contribution in [2.24, 2.45) is 0 Å². The number of aliphatic carboxylic acids is 1. The van der Waals surface area contributed by atoms with E-state index in [1.165, 1.54) is 0 Å². The Morgan fingerprint density at radius 3 is 2.32 bits per heavy atom. The first-order valence-electron chi connectivity index (χ1n) is 6.15. The van der Waals surface area contributed by atoms with Gasteiger partial charge in [0, 0.05) is 5.69 Å². The highest BCUT2D eigenvalue weighted by Gasteiger charge is 2.17. The number of anilines is 1. The average molecular weight is 281 g/mol. The normalized spacial score (nSPS) is 11.9. The van der Waals surface area contributed by atoms with Gasteiger partial charge >= 0.3 is 5.97 Å². The number of rotatable bonds is 6. The number of nitrogens with one attached hydrogen (secondary N) is 1. The summed E-state index contributed by atoms with van der Waals surface area (Å²) < 4.78 is 0. The van der Waals surface area contributed by atoms with Gasteiger partial charge in [-0.1, -0.05) is 13.0 Å². The topological polar surface area (TPSA) is 66.4 Å². The van der Waals surface area contributed by atoms with E-state index in [-0.39, 0.29) is 11.7 Å². The summed E-state index contributed by atoms with van der Waals surface area (Å²) in [5.74, 6) is -0.890. The van der Waals surface area contributed by atoms with E-state index >= 15 is 0 Å². The molecule has 0 aromatic heterocycles. The molecule has 1 atom stereocenters. The molecule has 1 aromatic carbocycles. The van der Waals surface area contributed by atoms with Crippen molar-refractivity contribution in [3.63, 3.8) is 0 Å². The van der Waals surface area contributed by atoms with Gasteiger partial charge in [-0.25, -0.2) is 0 Å². The van der Waals surface area contributed by atoms with Crippen LogP contribution in [0.5, 0.6) is 0 Å². The van der Waals surface area contributed by atoms with Gasteiger partial charge in [-0.15, -0.1) is 11.8 Å². The van der Waals surface area contributed by atoms with Crippen LogP contribution in [0.4, 0.5) is 5.69 Å². The Kier molecular flexibility index (Phi) is 5.89. The molecule has 19 heavy (non-hydrogen) atoms. The Bertz CT molecular complexity index is 454. The maximum Gasteiger partial charge on any atom is 0.316 e. The fourth-order valence-corrected chi connectivity index (χ4v) is 2.59. The van der Waals surface area contributed by atoms with Crippen LogP contribution in [-0.4, -0.2) is 28.0 Å². The van der Waals surface area contributed by atoms with Gasteiger partial charge < -0.3 is 10.4 Å². The van der Waals surface area contributed by atoms with Gasteiger partial charge in [0.05, 0.1) is 5.75 Å². The quantitative estimate of drug-likeness (QED) is 0.841. The third-order valence-electron chi connectivity index (χ3n) is 2.57. The molecule has 104 valence electrons. The summed E-state index contributed by atoms with van der Waals surface area (Å²) >= 11 is 1.15. The third-order valence-corrected chi connectivity index (χ3v) is 3.93. The van der Waals surface area contributed by atoms with Crippen LogP contribution in [0.2, 0.25) is 0 Å². The van der Waals surface area contributed by atoms with E-state index in [9.17, 15) is 9.59 Å². The predicted molar refractivity (Wildman–Crippen MR) is 78.7 cm³/mol. The van der Waals surface area contributed by atoms with Crippen molar-refractivity contribution in [3.05, 3.63) is 29.3 Å². The van der Waals surface area contributed by atoms with Crippen molar-refractivity contribution in [1.82, 2.24) is 0 Å². The molecule has 2 N–H and O–H groups in total. The Morgan fingerprint density at radius 1 is 1.26 bits per heavy atom. The van der Waals surface area contributed by atoms with Crippen LogP contribution in [0.1, 0.15) is 24.5 Å². The lowest BCUT2D eigenvalue weighted by atomic mass is 10.1. The van der Waals surface area contributed by atoms with E-state index in [1.54, 1.807) is 6.92 Å². The van der Waals surface area contributed by atoms with Crippen LogP contribution in [0, 0.1) is 13.8 Å². The third kappa shape index (κ3) is 5.34. The van der Waals surface area contributed by atoms with Crippen LogP contribution in [0.3, 0.4) is 0 Å². The van der Waals surface area contributed by atoms with Crippen LogP contribution in [0.15, 0.2) is 18.2 Å². The first-order chi connectivity index (χ1) is 8.92. The molecular formula is C14H19NO3S. The largest absolute Gasteiger partial charge is 0.480 e. The van der Waals surface area contributed by atoms with Gasteiger partial charge in [0.25, 0.3) is 0 Å². The van der Waals surface area contributed by atoms with Gasteiger partial charge in [-0.05, 0) is 43.5 Å². The second kappa shape index (κ2) is 7.19. The minimum Gasteiger partial charge on any atom is -0.480 e. The number of benzene rings is 1. The number of hydrogen-bond acceptors (Lipinski definition) is 3. The highest BCUT2D eigenvalue weighted by molar-refractivity contribution is 8.01. The maximum absolute atomic E-state index is 11.8. The van der Waals surface area contributed by atoms with Crippen molar-refractivity contribution >= 4 is 29.3 Å². The average Bonchev–Trinajstić information content (AvgIpc) is 2.27. The van der Waals surface area contributed by atoms with Crippen molar-refractivity contribution in [2.75, 3.05) is 11.1 Å². The van der Waals surface area contributed by atoms with Gasteiger partial charge in [0.15, 0.2) is 0 Å². The number of aryl methyl sites for hydroxylation is 2. The Morgan fingerprint density at radius 2 is 1.84 bits per heavy atom. The van der Waals surface area contributed by atoms with Crippen LogP contribution in [-0.2, 0) is 9.59 Å². The molecule has 1 aromatic rings. The number of carbonyl (C=O) groups excluding carboxylic acids is 1. The molecule has 0 saturated carbocycles. The maximum atomic E-state index is 11.8. The molecule has 0 aliphatic heterocycles.